The molecule has 2 nitrogen and oxygen atoms in total. The lowest BCUT2D eigenvalue weighted by atomic mass is 9.76. The van der Waals surface area contributed by atoms with E-state index in [1.807, 2.05) is 0 Å². The Morgan fingerprint density at radius 1 is 0.867 bits per heavy atom. The van der Waals surface area contributed by atoms with E-state index in [0.29, 0.717) is 11.8 Å². The largest absolute Gasteiger partial charge is 0.363 e. The molecule has 3 heteroatoms. The standard InChI is InChI=1S/C27H38N2S/c1-2-3-4-5-6-13-20-28-27(30)29-21-18-25(19-22-29)26(23-14-9-7-10-15-23)24-16-11-8-12-17-24/h7-12,14-17,25-26H,2-6,13,18-22H2,1H3,(H,28,30). The summed E-state index contributed by atoms with van der Waals surface area (Å²) >= 11 is 5.70. The molecule has 0 aliphatic carbocycles. The highest BCUT2D eigenvalue weighted by Crippen LogP contribution is 2.37. The predicted octanol–water partition coefficient (Wildman–Crippen LogP) is 6.77. The maximum atomic E-state index is 5.70. The van der Waals surface area contributed by atoms with Gasteiger partial charge in [-0.25, -0.2) is 0 Å². The molecule has 0 unspecified atom stereocenters. The number of rotatable bonds is 10. The van der Waals surface area contributed by atoms with Gasteiger partial charge in [-0.3, -0.25) is 0 Å². The van der Waals surface area contributed by atoms with Gasteiger partial charge in [-0.05, 0) is 48.5 Å². The number of hydrogen-bond donors (Lipinski definition) is 1. The summed E-state index contributed by atoms with van der Waals surface area (Å²) in [4.78, 5) is 2.38. The fourth-order valence-electron chi connectivity index (χ4n) is 4.71. The SMILES string of the molecule is CCCCCCCCNC(=S)N1CCC(C(c2ccccc2)c2ccccc2)CC1. The summed E-state index contributed by atoms with van der Waals surface area (Å²) in [5.41, 5.74) is 2.87. The Kier molecular flexibility index (Phi) is 9.69. The van der Waals surface area contributed by atoms with E-state index >= 15 is 0 Å². The van der Waals surface area contributed by atoms with Crippen LogP contribution in [0, 0.1) is 5.92 Å². The molecule has 0 radical (unpaired) electrons. The molecular weight excluding hydrogens is 384 g/mol. The minimum atomic E-state index is 0.471. The van der Waals surface area contributed by atoms with Crippen LogP contribution in [0.3, 0.4) is 0 Å². The highest BCUT2D eigenvalue weighted by Gasteiger charge is 2.29. The number of unbranched alkanes of at least 4 members (excludes halogenated alkanes) is 5. The van der Waals surface area contributed by atoms with Crippen molar-refractivity contribution in [3.8, 4) is 0 Å². The fourth-order valence-corrected chi connectivity index (χ4v) is 4.99. The first-order chi connectivity index (χ1) is 14.8. The molecule has 1 heterocycles. The van der Waals surface area contributed by atoms with E-state index in [2.05, 4.69) is 77.8 Å². The van der Waals surface area contributed by atoms with Crippen molar-refractivity contribution in [1.29, 1.82) is 0 Å². The van der Waals surface area contributed by atoms with Crippen molar-refractivity contribution in [2.75, 3.05) is 19.6 Å². The molecule has 0 atom stereocenters. The molecule has 1 saturated heterocycles. The van der Waals surface area contributed by atoms with Crippen LogP contribution < -0.4 is 5.32 Å². The molecule has 30 heavy (non-hydrogen) atoms. The van der Waals surface area contributed by atoms with Gasteiger partial charge in [0.25, 0.3) is 0 Å². The summed E-state index contributed by atoms with van der Waals surface area (Å²) in [7, 11) is 0. The van der Waals surface area contributed by atoms with Gasteiger partial charge in [-0.2, -0.15) is 0 Å². The second-order valence-corrected chi connectivity index (χ2v) is 9.01. The molecule has 1 fully saturated rings. The number of thiocarbonyl (C=S) groups is 1. The molecule has 0 amide bonds. The first-order valence-corrected chi connectivity index (χ1v) is 12.3. The van der Waals surface area contributed by atoms with E-state index in [1.54, 1.807) is 0 Å². The zero-order valence-corrected chi connectivity index (χ0v) is 19.4. The van der Waals surface area contributed by atoms with Gasteiger partial charge in [0.1, 0.15) is 0 Å². The van der Waals surface area contributed by atoms with Crippen LogP contribution in [0.4, 0.5) is 0 Å². The average Bonchev–Trinajstić information content (AvgIpc) is 2.80. The summed E-state index contributed by atoms with van der Waals surface area (Å²) in [6.07, 6.45) is 10.3. The normalized spacial score (nSPS) is 14.8. The fraction of sp³-hybridized carbons (Fsp3) is 0.519. The average molecular weight is 423 g/mol. The van der Waals surface area contributed by atoms with Crippen LogP contribution in [0.25, 0.3) is 0 Å². The lowest BCUT2D eigenvalue weighted by molar-refractivity contribution is 0.247. The number of benzene rings is 2. The summed E-state index contributed by atoms with van der Waals surface area (Å²) < 4.78 is 0. The van der Waals surface area contributed by atoms with E-state index < -0.39 is 0 Å². The predicted molar refractivity (Wildman–Crippen MR) is 133 cm³/mol. The highest BCUT2D eigenvalue weighted by molar-refractivity contribution is 7.80. The Balaban J connectivity index is 1.49. The van der Waals surface area contributed by atoms with E-state index in [1.165, 1.54) is 62.5 Å². The lowest BCUT2D eigenvalue weighted by Gasteiger charge is -2.38. The Bertz CT molecular complexity index is 684. The summed E-state index contributed by atoms with van der Waals surface area (Å²) in [5.74, 6) is 1.13. The van der Waals surface area contributed by atoms with E-state index in [0.717, 1.165) is 24.7 Å². The smallest absolute Gasteiger partial charge is 0.168 e. The van der Waals surface area contributed by atoms with Gasteiger partial charge in [-0.15, -0.1) is 0 Å². The Morgan fingerprint density at radius 3 is 1.97 bits per heavy atom. The van der Waals surface area contributed by atoms with Crippen LogP contribution in [0.15, 0.2) is 60.7 Å². The molecule has 1 N–H and O–H groups in total. The maximum absolute atomic E-state index is 5.70. The molecule has 1 aliphatic heterocycles. The van der Waals surface area contributed by atoms with Crippen molar-refractivity contribution in [1.82, 2.24) is 10.2 Å². The van der Waals surface area contributed by atoms with Crippen molar-refractivity contribution < 1.29 is 0 Å². The first-order valence-electron chi connectivity index (χ1n) is 11.9. The summed E-state index contributed by atoms with van der Waals surface area (Å²) in [6.45, 7) is 5.40. The van der Waals surface area contributed by atoms with Gasteiger partial charge in [-0.1, -0.05) is 99.7 Å². The molecule has 0 saturated carbocycles. The molecule has 3 rings (SSSR count). The van der Waals surface area contributed by atoms with Crippen LogP contribution in [-0.2, 0) is 0 Å². The van der Waals surface area contributed by atoms with Crippen molar-refractivity contribution in [2.45, 2.75) is 64.2 Å². The monoisotopic (exact) mass is 422 g/mol. The quantitative estimate of drug-likeness (QED) is 0.336. The van der Waals surface area contributed by atoms with Crippen LogP contribution in [0.5, 0.6) is 0 Å². The van der Waals surface area contributed by atoms with E-state index in [-0.39, 0.29) is 0 Å². The molecule has 0 aromatic heterocycles. The Morgan fingerprint density at radius 2 is 1.40 bits per heavy atom. The molecule has 2 aromatic rings. The number of likely N-dealkylation sites (tertiary alicyclic amines) is 1. The highest BCUT2D eigenvalue weighted by atomic mass is 32.1. The minimum Gasteiger partial charge on any atom is -0.363 e. The third-order valence-corrected chi connectivity index (χ3v) is 6.82. The van der Waals surface area contributed by atoms with Gasteiger partial charge < -0.3 is 10.2 Å². The second-order valence-electron chi connectivity index (χ2n) is 8.62. The van der Waals surface area contributed by atoms with Gasteiger partial charge in [0, 0.05) is 25.6 Å². The summed E-state index contributed by atoms with van der Waals surface area (Å²) in [5, 5.41) is 4.46. The third kappa shape index (κ3) is 6.84. The number of hydrogen-bond acceptors (Lipinski definition) is 1. The zero-order chi connectivity index (χ0) is 21.0. The van der Waals surface area contributed by atoms with Crippen LogP contribution in [0.2, 0.25) is 0 Å². The molecule has 0 spiro atoms. The topological polar surface area (TPSA) is 15.3 Å². The van der Waals surface area contributed by atoms with Crippen LogP contribution in [0.1, 0.15) is 75.3 Å². The van der Waals surface area contributed by atoms with Gasteiger partial charge in [0.15, 0.2) is 5.11 Å². The lowest BCUT2D eigenvalue weighted by Crippen LogP contribution is -2.45. The van der Waals surface area contributed by atoms with Crippen LogP contribution >= 0.6 is 12.2 Å². The maximum Gasteiger partial charge on any atom is 0.168 e. The molecule has 162 valence electrons. The van der Waals surface area contributed by atoms with Crippen molar-refractivity contribution in [3.05, 3.63) is 71.8 Å². The number of piperidine rings is 1. The molecule has 1 aliphatic rings. The third-order valence-electron chi connectivity index (χ3n) is 6.42. The molecular formula is C27H38N2S. The van der Waals surface area contributed by atoms with Crippen LogP contribution in [-0.4, -0.2) is 29.6 Å². The number of nitrogens with zero attached hydrogens (tertiary/aromatic N) is 1. The van der Waals surface area contributed by atoms with Gasteiger partial charge >= 0.3 is 0 Å². The molecule has 0 bridgehead atoms. The van der Waals surface area contributed by atoms with Crippen molar-refractivity contribution >= 4 is 17.3 Å². The van der Waals surface area contributed by atoms with Crippen molar-refractivity contribution in [2.24, 2.45) is 5.92 Å². The summed E-state index contributed by atoms with van der Waals surface area (Å²) in [6, 6.07) is 22.1. The molecule has 2 aromatic carbocycles. The van der Waals surface area contributed by atoms with E-state index in [9.17, 15) is 0 Å². The number of nitrogens with one attached hydrogen (secondary N) is 1. The first kappa shape index (κ1) is 22.8. The Labute approximate surface area is 189 Å². The van der Waals surface area contributed by atoms with Crippen molar-refractivity contribution in [3.63, 3.8) is 0 Å². The minimum absolute atomic E-state index is 0.471. The van der Waals surface area contributed by atoms with Gasteiger partial charge in [0.05, 0.1) is 0 Å². The zero-order valence-electron chi connectivity index (χ0n) is 18.6. The Hall–Kier alpha value is -1.87. The second kappa shape index (κ2) is 12.7. The van der Waals surface area contributed by atoms with E-state index in [4.69, 9.17) is 12.2 Å². The van der Waals surface area contributed by atoms with Gasteiger partial charge in [0.2, 0.25) is 0 Å².